The molecule has 0 spiro atoms. The highest BCUT2D eigenvalue weighted by atomic mass is 79.9. The Morgan fingerprint density at radius 3 is 2.67 bits per heavy atom. The Bertz CT molecular complexity index is 887. The Balaban J connectivity index is 2.02. The average Bonchev–Trinajstić information content (AvgIpc) is 2.80. The second kappa shape index (κ2) is 6.55. The summed E-state index contributed by atoms with van der Waals surface area (Å²) >= 11 is 16.1. The predicted molar refractivity (Wildman–Crippen MR) is 102 cm³/mol. The highest BCUT2D eigenvalue weighted by Crippen LogP contribution is 2.42. The first kappa shape index (κ1) is 17.5. The Hall–Kier alpha value is -1.29. The molecular weight excluding hydrogens is 411 g/mol. The molecule has 2 aromatic rings. The first-order chi connectivity index (χ1) is 11.3. The van der Waals surface area contributed by atoms with E-state index in [0.29, 0.717) is 17.0 Å². The lowest BCUT2D eigenvalue weighted by Crippen LogP contribution is -2.03. The van der Waals surface area contributed by atoms with Crippen LogP contribution in [0.4, 0.5) is 0 Å². The Kier molecular flexibility index (Phi) is 4.78. The number of fused-ring (bicyclic) bond motifs is 1. The number of rotatable bonds is 3. The smallest absolute Gasteiger partial charge is 0.337 e. The molecule has 1 atom stereocenters. The molecule has 24 heavy (non-hydrogen) atoms. The minimum Gasteiger partial charge on any atom is -0.478 e. The fourth-order valence-corrected chi connectivity index (χ4v) is 4.35. The molecule has 1 aliphatic rings. The van der Waals surface area contributed by atoms with E-state index in [4.69, 9.17) is 23.2 Å². The van der Waals surface area contributed by atoms with Crippen molar-refractivity contribution in [2.24, 2.45) is 0 Å². The van der Waals surface area contributed by atoms with E-state index in [2.05, 4.69) is 48.0 Å². The number of aromatic carboxylic acids is 1. The molecule has 0 aromatic heterocycles. The second-order valence-corrected chi connectivity index (χ2v) is 7.74. The van der Waals surface area contributed by atoms with E-state index < -0.39 is 5.97 Å². The quantitative estimate of drug-likeness (QED) is 0.608. The number of allylic oxidation sites excluding steroid dienone is 1. The van der Waals surface area contributed by atoms with Gasteiger partial charge in [-0.3, -0.25) is 0 Å². The largest absolute Gasteiger partial charge is 0.478 e. The van der Waals surface area contributed by atoms with Gasteiger partial charge in [0.05, 0.1) is 10.6 Å². The van der Waals surface area contributed by atoms with E-state index in [1.807, 2.05) is 0 Å². The molecule has 3 rings (SSSR count). The lowest BCUT2D eigenvalue weighted by atomic mass is 9.92. The molecule has 0 saturated heterocycles. The third-order valence-corrected chi connectivity index (χ3v) is 5.78. The highest BCUT2D eigenvalue weighted by molar-refractivity contribution is 9.10. The second-order valence-electron chi connectivity index (χ2n) is 6.04. The van der Waals surface area contributed by atoms with Crippen molar-refractivity contribution in [3.05, 3.63) is 72.2 Å². The van der Waals surface area contributed by atoms with Crippen LogP contribution in [0.5, 0.6) is 0 Å². The van der Waals surface area contributed by atoms with Crippen molar-refractivity contribution in [1.82, 2.24) is 0 Å². The summed E-state index contributed by atoms with van der Waals surface area (Å²) in [6.45, 7) is 4.23. The monoisotopic (exact) mass is 424 g/mol. The van der Waals surface area contributed by atoms with Gasteiger partial charge < -0.3 is 5.11 Å². The van der Waals surface area contributed by atoms with Crippen LogP contribution in [0.2, 0.25) is 10.0 Å². The van der Waals surface area contributed by atoms with Crippen molar-refractivity contribution in [3.8, 4) is 0 Å². The average molecular weight is 426 g/mol. The third-order valence-electron chi connectivity index (χ3n) is 4.53. The molecule has 0 bridgehead atoms. The fraction of sp³-hybridized carbons (Fsp3) is 0.211. The minimum absolute atomic E-state index is 0.0822. The first-order valence-corrected chi connectivity index (χ1v) is 9.05. The Labute approximate surface area is 159 Å². The molecule has 0 heterocycles. The van der Waals surface area contributed by atoms with E-state index in [-0.39, 0.29) is 16.5 Å². The Morgan fingerprint density at radius 2 is 2.00 bits per heavy atom. The van der Waals surface area contributed by atoms with Crippen LogP contribution in [0.25, 0.3) is 6.08 Å². The van der Waals surface area contributed by atoms with Gasteiger partial charge in [0.25, 0.3) is 0 Å². The topological polar surface area (TPSA) is 37.3 Å². The summed E-state index contributed by atoms with van der Waals surface area (Å²) in [5, 5.41) is 9.97. The van der Waals surface area contributed by atoms with Gasteiger partial charge in [-0.1, -0.05) is 57.7 Å². The van der Waals surface area contributed by atoms with Gasteiger partial charge in [-0.25, -0.2) is 4.79 Å². The Morgan fingerprint density at radius 1 is 1.29 bits per heavy atom. The summed E-state index contributed by atoms with van der Waals surface area (Å²) in [6.07, 6.45) is 2.70. The van der Waals surface area contributed by atoms with Crippen molar-refractivity contribution in [2.75, 3.05) is 0 Å². The molecule has 124 valence electrons. The molecule has 0 saturated carbocycles. The maximum absolute atomic E-state index is 11.3. The van der Waals surface area contributed by atoms with E-state index in [1.165, 1.54) is 28.3 Å². The fourth-order valence-electron chi connectivity index (χ4n) is 3.18. The van der Waals surface area contributed by atoms with Crippen LogP contribution in [-0.4, -0.2) is 11.1 Å². The zero-order valence-corrected chi connectivity index (χ0v) is 16.3. The van der Waals surface area contributed by atoms with Crippen LogP contribution < -0.4 is 0 Å². The number of benzene rings is 2. The zero-order chi connectivity index (χ0) is 17.6. The van der Waals surface area contributed by atoms with Crippen LogP contribution in [0.1, 0.15) is 45.5 Å². The number of halogens is 3. The summed E-state index contributed by atoms with van der Waals surface area (Å²) in [5.74, 6) is -0.814. The summed E-state index contributed by atoms with van der Waals surface area (Å²) < 4.78 is 1.06. The van der Waals surface area contributed by atoms with Crippen LogP contribution in [-0.2, 0) is 6.42 Å². The van der Waals surface area contributed by atoms with Gasteiger partial charge in [0.2, 0.25) is 0 Å². The van der Waals surface area contributed by atoms with Crippen LogP contribution >= 0.6 is 39.1 Å². The van der Waals surface area contributed by atoms with Gasteiger partial charge in [-0.05, 0) is 59.9 Å². The molecule has 0 radical (unpaired) electrons. The summed E-state index contributed by atoms with van der Waals surface area (Å²) in [6, 6.07) is 7.27. The van der Waals surface area contributed by atoms with E-state index in [1.54, 1.807) is 6.07 Å². The molecule has 1 unspecified atom stereocenters. The van der Waals surface area contributed by atoms with Crippen molar-refractivity contribution in [2.45, 2.75) is 26.2 Å². The van der Waals surface area contributed by atoms with Crippen LogP contribution in [0, 0.1) is 6.92 Å². The van der Waals surface area contributed by atoms with Crippen molar-refractivity contribution < 1.29 is 9.90 Å². The molecule has 0 aliphatic heterocycles. The number of carboxylic acid groups (broad SMARTS) is 1. The zero-order valence-electron chi connectivity index (χ0n) is 13.2. The van der Waals surface area contributed by atoms with Gasteiger partial charge in [0, 0.05) is 15.4 Å². The molecule has 2 nitrogen and oxygen atoms in total. The molecule has 5 heteroatoms. The molecule has 1 aliphatic carbocycles. The number of carbonyl (C=O) groups is 1. The molecular formula is C19H15BrCl2O2. The molecule has 0 amide bonds. The van der Waals surface area contributed by atoms with Gasteiger partial charge in [0.1, 0.15) is 0 Å². The number of hydrogen-bond donors (Lipinski definition) is 1. The van der Waals surface area contributed by atoms with Gasteiger partial charge >= 0.3 is 5.97 Å². The summed E-state index contributed by atoms with van der Waals surface area (Å²) in [5.41, 5.74) is 5.62. The minimum atomic E-state index is -1.05. The lowest BCUT2D eigenvalue weighted by molar-refractivity contribution is 0.0697. The molecule has 2 aromatic carbocycles. The van der Waals surface area contributed by atoms with E-state index in [0.717, 1.165) is 4.47 Å². The van der Waals surface area contributed by atoms with Crippen LogP contribution in [0.3, 0.4) is 0 Å². The first-order valence-electron chi connectivity index (χ1n) is 7.50. The van der Waals surface area contributed by atoms with Gasteiger partial charge in [0.15, 0.2) is 0 Å². The number of carboxylic acids is 1. The SMILES string of the molecule is Cc1cc(Br)cc2c1C=C(Cc1c(Cl)ccc(C(=O)O)c1Cl)C2C. The number of aryl methyl sites for hydroxylation is 1. The summed E-state index contributed by atoms with van der Waals surface area (Å²) in [4.78, 5) is 11.3. The van der Waals surface area contributed by atoms with Crippen molar-refractivity contribution in [3.63, 3.8) is 0 Å². The third kappa shape index (κ3) is 3.01. The highest BCUT2D eigenvalue weighted by Gasteiger charge is 2.25. The van der Waals surface area contributed by atoms with Gasteiger partial charge in [-0.15, -0.1) is 0 Å². The standard InChI is InChI=1S/C19H15BrCl2O2/c1-9-5-12(20)8-15-10(2)11(6-14(9)15)7-16-17(21)4-3-13(18(16)22)19(23)24/h3-6,8,10H,7H2,1-2H3,(H,23,24). The number of hydrogen-bond acceptors (Lipinski definition) is 1. The predicted octanol–water partition coefficient (Wildman–Crippen LogP) is 6.51. The van der Waals surface area contributed by atoms with Crippen LogP contribution in [0.15, 0.2) is 34.3 Å². The summed E-state index contributed by atoms with van der Waals surface area (Å²) in [7, 11) is 0. The molecule has 1 N–H and O–H groups in total. The van der Waals surface area contributed by atoms with Crippen molar-refractivity contribution in [1.29, 1.82) is 0 Å². The lowest BCUT2D eigenvalue weighted by Gasteiger charge is -2.15. The van der Waals surface area contributed by atoms with Crippen molar-refractivity contribution >= 4 is 51.2 Å². The molecule has 0 fully saturated rings. The van der Waals surface area contributed by atoms with Gasteiger partial charge in [-0.2, -0.15) is 0 Å². The van der Waals surface area contributed by atoms with E-state index >= 15 is 0 Å². The maximum atomic E-state index is 11.3. The maximum Gasteiger partial charge on any atom is 0.337 e. The normalized spacial score (nSPS) is 16.0. The van der Waals surface area contributed by atoms with E-state index in [9.17, 15) is 9.90 Å².